The Bertz CT molecular complexity index is 797. The van der Waals surface area contributed by atoms with Crippen LogP contribution >= 0.6 is 0 Å². The van der Waals surface area contributed by atoms with Crippen LogP contribution < -0.4 is 5.32 Å². The summed E-state index contributed by atoms with van der Waals surface area (Å²) in [7, 11) is 1.92. The lowest BCUT2D eigenvalue weighted by molar-refractivity contribution is 0.770. The number of rotatable bonds is 4. The van der Waals surface area contributed by atoms with E-state index in [1.807, 2.05) is 48.3 Å². The molecule has 0 amide bonds. The van der Waals surface area contributed by atoms with E-state index in [1.54, 1.807) is 12.3 Å². The largest absolute Gasteiger partial charge is 0.380 e. The van der Waals surface area contributed by atoms with Crippen LogP contribution in [-0.2, 0) is 13.6 Å². The summed E-state index contributed by atoms with van der Waals surface area (Å²) in [6.07, 6.45) is 3.67. The molecule has 0 saturated heterocycles. The van der Waals surface area contributed by atoms with Crippen molar-refractivity contribution >= 4 is 5.69 Å². The van der Waals surface area contributed by atoms with Crippen molar-refractivity contribution in [2.75, 3.05) is 5.32 Å². The van der Waals surface area contributed by atoms with Crippen molar-refractivity contribution in [2.24, 2.45) is 7.05 Å². The molecule has 0 bridgehead atoms. The average Bonchev–Trinajstić information content (AvgIpc) is 2.95. The van der Waals surface area contributed by atoms with Crippen molar-refractivity contribution in [1.29, 1.82) is 5.26 Å². The van der Waals surface area contributed by atoms with Crippen molar-refractivity contribution in [3.63, 3.8) is 0 Å². The van der Waals surface area contributed by atoms with Crippen molar-refractivity contribution in [1.82, 2.24) is 14.8 Å². The van der Waals surface area contributed by atoms with Crippen LogP contribution in [0.3, 0.4) is 0 Å². The van der Waals surface area contributed by atoms with Gasteiger partial charge < -0.3 is 5.32 Å². The topological polar surface area (TPSA) is 66.5 Å². The number of hydrogen-bond acceptors (Lipinski definition) is 4. The van der Waals surface area contributed by atoms with Crippen molar-refractivity contribution in [3.8, 4) is 17.3 Å². The lowest BCUT2D eigenvalue weighted by atomic mass is 10.1. The van der Waals surface area contributed by atoms with Crippen LogP contribution in [0.15, 0.2) is 54.9 Å². The number of benzene rings is 1. The molecule has 2 aromatic heterocycles. The summed E-state index contributed by atoms with van der Waals surface area (Å²) >= 11 is 0. The minimum atomic E-state index is 0.414. The summed E-state index contributed by atoms with van der Waals surface area (Å²) in [5.41, 5.74) is 4.46. The molecular formula is C17H15N5. The van der Waals surface area contributed by atoms with Crippen molar-refractivity contribution < 1.29 is 0 Å². The monoisotopic (exact) mass is 289 g/mol. The first-order valence-electron chi connectivity index (χ1n) is 6.94. The van der Waals surface area contributed by atoms with Crippen LogP contribution in [0.5, 0.6) is 0 Å². The summed E-state index contributed by atoms with van der Waals surface area (Å²) in [5.74, 6) is 0. The Morgan fingerprint density at radius 2 is 2.00 bits per heavy atom. The van der Waals surface area contributed by atoms with E-state index in [-0.39, 0.29) is 0 Å². The van der Waals surface area contributed by atoms with Gasteiger partial charge in [0.1, 0.15) is 11.8 Å². The number of pyridine rings is 1. The summed E-state index contributed by atoms with van der Waals surface area (Å²) < 4.78 is 1.82. The molecule has 2 heterocycles. The molecule has 0 aliphatic carbocycles. The Kier molecular flexibility index (Phi) is 3.84. The molecule has 1 N–H and O–H groups in total. The molecule has 0 aliphatic heterocycles. The van der Waals surface area contributed by atoms with E-state index < -0.39 is 0 Å². The first kappa shape index (κ1) is 13.8. The molecule has 108 valence electrons. The Morgan fingerprint density at radius 1 is 1.18 bits per heavy atom. The second kappa shape index (κ2) is 6.10. The highest BCUT2D eigenvalue weighted by Crippen LogP contribution is 2.22. The Morgan fingerprint density at radius 3 is 2.68 bits per heavy atom. The highest BCUT2D eigenvalue weighted by Gasteiger charge is 2.09. The molecule has 5 heteroatoms. The molecule has 22 heavy (non-hydrogen) atoms. The smallest absolute Gasteiger partial charge is 0.140 e. The molecule has 3 aromatic rings. The maximum absolute atomic E-state index is 8.76. The molecule has 0 aliphatic rings. The molecule has 5 nitrogen and oxygen atoms in total. The fraction of sp³-hybridized carbons (Fsp3) is 0.118. The van der Waals surface area contributed by atoms with E-state index in [0.29, 0.717) is 12.2 Å². The van der Waals surface area contributed by atoms with Gasteiger partial charge in [-0.1, -0.05) is 30.3 Å². The van der Waals surface area contributed by atoms with Gasteiger partial charge in [0, 0.05) is 30.9 Å². The fourth-order valence-electron chi connectivity index (χ4n) is 2.27. The number of anilines is 1. The van der Waals surface area contributed by atoms with E-state index in [2.05, 4.69) is 27.5 Å². The van der Waals surface area contributed by atoms with Crippen LogP contribution in [0.4, 0.5) is 5.69 Å². The highest BCUT2D eigenvalue weighted by molar-refractivity contribution is 5.63. The van der Waals surface area contributed by atoms with Crippen LogP contribution in [0.2, 0.25) is 0 Å². The third-order valence-electron chi connectivity index (χ3n) is 3.31. The highest BCUT2D eigenvalue weighted by atomic mass is 15.3. The average molecular weight is 289 g/mol. The minimum absolute atomic E-state index is 0.414. The lowest BCUT2D eigenvalue weighted by Crippen LogP contribution is -2.00. The number of hydrogen-bond donors (Lipinski definition) is 1. The van der Waals surface area contributed by atoms with Gasteiger partial charge in [-0.3, -0.25) is 4.68 Å². The number of aryl methyl sites for hydroxylation is 1. The number of aromatic nitrogens is 3. The van der Waals surface area contributed by atoms with E-state index in [4.69, 9.17) is 5.26 Å². The van der Waals surface area contributed by atoms with Gasteiger partial charge in [-0.15, -0.1) is 0 Å². The summed E-state index contributed by atoms with van der Waals surface area (Å²) in [6, 6.07) is 15.7. The zero-order valence-corrected chi connectivity index (χ0v) is 12.2. The van der Waals surface area contributed by atoms with E-state index >= 15 is 0 Å². The van der Waals surface area contributed by atoms with Gasteiger partial charge >= 0.3 is 0 Å². The van der Waals surface area contributed by atoms with Crippen molar-refractivity contribution in [3.05, 3.63) is 66.1 Å². The zero-order valence-electron chi connectivity index (χ0n) is 12.2. The second-order valence-corrected chi connectivity index (χ2v) is 4.94. The van der Waals surface area contributed by atoms with Crippen molar-refractivity contribution in [2.45, 2.75) is 6.54 Å². The second-order valence-electron chi connectivity index (χ2n) is 4.94. The first-order chi connectivity index (χ1) is 10.8. The van der Waals surface area contributed by atoms with Crippen LogP contribution in [0, 0.1) is 11.3 Å². The molecular weight excluding hydrogens is 274 g/mol. The van der Waals surface area contributed by atoms with Gasteiger partial charge in [-0.2, -0.15) is 10.4 Å². The maximum Gasteiger partial charge on any atom is 0.140 e. The van der Waals surface area contributed by atoms with Crippen LogP contribution in [0.1, 0.15) is 11.3 Å². The summed E-state index contributed by atoms with van der Waals surface area (Å²) in [6.45, 7) is 0.644. The zero-order chi connectivity index (χ0) is 15.4. The third kappa shape index (κ3) is 2.96. The number of nitrogens with one attached hydrogen (secondary N) is 1. The first-order valence-corrected chi connectivity index (χ1v) is 6.94. The predicted octanol–water partition coefficient (Wildman–Crippen LogP) is 2.97. The molecule has 1 aromatic carbocycles. The summed E-state index contributed by atoms with van der Waals surface area (Å²) in [4.78, 5) is 4.05. The van der Waals surface area contributed by atoms with Crippen LogP contribution in [0.25, 0.3) is 11.3 Å². The standard InChI is InChI=1S/C17H15N5/c1-22-12-14(17(21-22)13-5-3-2-4-6-13)10-19-16-8-7-15(9-18)20-11-16/h2-8,11-12,19H,10H2,1H3. The van der Waals surface area contributed by atoms with Gasteiger partial charge in [-0.25, -0.2) is 4.98 Å². The molecule has 0 fully saturated rings. The Balaban J connectivity index is 1.79. The molecule has 0 atom stereocenters. The van der Waals surface area contributed by atoms with Gasteiger partial charge in [0.25, 0.3) is 0 Å². The summed E-state index contributed by atoms with van der Waals surface area (Å²) in [5, 5.41) is 16.6. The van der Waals surface area contributed by atoms with E-state index in [9.17, 15) is 0 Å². The number of nitriles is 1. The normalized spacial score (nSPS) is 10.2. The molecule has 0 spiro atoms. The SMILES string of the molecule is Cn1cc(CNc2ccc(C#N)nc2)c(-c2ccccc2)n1. The fourth-order valence-corrected chi connectivity index (χ4v) is 2.27. The van der Waals surface area contributed by atoms with Gasteiger partial charge in [0.15, 0.2) is 0 Å². The minimum Gasteiger partial charge on any atom is -0.380 e. The lowest BCUT2D eigenvalue weighted by Gasteiger charge is -2.06. The molecule has 0 radical (unpaired) electrons. The molecule has 3 rings (SSSR count). The van der Waals surface area contributed by atoms with E-state index in [0.717, 1.165) is 22.5 Å². The Hall–Kier alpha value is -3.13. The predicted molar refractivity (Wildman–Crippen MR) is 84.9 cm³/mol. The number of nitrogens with zero attached hydrogens (tertiary/aromatic N) is 4. The quantitative estimate of drug-likeness (QED) is 0.802. The third-order valence-corrected chi connectivity index (χ3v) is 3.31. The van der Waals surface area contributed by atoms with E-state index in [1.165, 1.54) is 0 Å². The van der Waals surface area contributed by atoms with Gasteiger partial charge in [-0.05, 0) is 12.1 Å². The Labute approximate surface area is 128 Å². The van der Waals surface area contributed by atoms with Gasteiger partial charge in [0.05, 0.1) is 17.6 Å². The van der Waals surface area contributed by atoms with Crippen LogP contribution in [-0.4, -0.2) is 14.8 Å². The molecule has 0 saturated carbocycles. The van der Waals surface area contributed by atoms with Gasteiger partial charge in [0.2, 0.25) is 0 Å². The maximum atomic E-state index is 8.76. The molecule has 0 unspecified atom stereocenters.